The summed E-state index contributed by atoms with van der Waals surface area (Å²) in [6, 6.07) is 12.0. The first kappa shape index (κ1) is 10.9. The quantitative estimate of drug-likeness (QED) is 0.589. The Labute approximate surface area is 94.0 Å². The Morgan fingerprint density at radius 3 is 2.43 bits per heavy atom. The summed E-state index contributed by atoms with van der Waals surface area (Å²) in [5.74, 6) is 0. The summed E-state index contributed by atoms with van der Waals surface area (Å²) in [7, 11) is 0. The summed E-state index contributed by atoms with van der Waals surface area (Å²) in [6.07, 6.45) is 5.89. The second kappa shape index (κ2) is 5.50. The minimum absolute atomic E-state index is 0. The topological polar surface area (TPSA) is 16.8 Å². The first-order valence-corrected chi connectivity index (χ1v) is 4.29. The average Bonchev–Trinajstić information content (AvgIpc) is 2.21. The van der Waals surface area contributed by atoms with Crippen LogP contribution in [0.2, 0.25) is 0 Å². The number of halogens is 1. The van der Waals surface area contributed by atoms with Crippen LogP contribution in [-0.4, -0.2) is 4.98 Å². The van der Waals surface area contributed by atoms with Crippen LogP contribution in [0.4, 0.5) is 0 Å². The molecule has 2 heterocycles. The molecule has 0 bridgehead atoms. The standard InChI is InChI=1S/C11H11N2.BrH/c1-4-8-13(9-5-1)10-11-6-2-3-7-12-11;/h1-9H,10H2;1H/q+1;/p-1. The molecule has 2 nitrogen and oxygen atoms in total. The van der Waals surface area contributed by atoms with Crippen LogP contribution < -0.4 is 21.5 Å². The Balaban J connectivity index is 0.000000980. The van der Waals surface area contributed by atoms with Crippen molar-refractivity contribution in [2.75, 3.05) is 0 Å². The zero-order chi connectivity index (χ0) is 8.93. The van der Waals surface area contributed by atoms with E-state index < -0.39 is 0 Å². The number of hydrogen-bond donors (Lipinski definition) is 0. The van der Waals surface area contributed by atoms with E-state index >= 15 is 0 Å². The highest BCUT2D eigenvalue weighted by Gasteiger charge is 1.99. The van der Waals surface area contributed by atoms with Crippen LogP contribution in [0.1, 0.15) is 5.69 Å². The highest BCUT2D eigenvalue weighted by Crippen LogP contribution is 1.91. The van der Waals surface area contributed by atoms with E-state index in [2.05, 4.69) is 9.55 Å². The summed E-state index contributed by atoms with van der Waals surface area (Å²) in [5, 5.41) is 0. The van der Waals surface area contributed by atoms with Crippen molar-refractivity contribution in [3.05, 3.63) is 60.7 Å². The third-order valence-corrected chi connectivity index (χ3v) is 1.85. The van der Waals surface area contributed by atoms with Gasteiger partial charge in [0.1, 0.15) is 5.69 Å². The van der Waals surface area contributed by atoms with Crippen molar-refractivity contribution in [2.45, 2.75) is 6.54 Å². The Hall–Kier alpha value is -1.22. The number of rotatable bonds is 2. The van der Waals surface area contributed by atoms with Gasteiger partial charge in [0.15, 0.2) is 18.9 Å². The molecule has 0 N–H and O–H groups in total. The molecule has 0 amide bonds. The van der Waals surface area contributed by atoms with Gasteiger partial charge in [-0.25, -0.2) is 0 Å². The normalized spacial score (nSPS) is 9.14. The molecule has 2 aromatic heterocycles. The lowest BCUT2D eigenvalue weighted by Crippen LogP contribution is -3.00. The van der Waals surface area contributed by atoms with E-state index in [1.807, 2.05) is 55.0 Å². The van der Waals surface area contributed by atoms with Crippen LogP contribution in [-0.2, 0) is 6.54 Å². The fourth-order valence-electron chi connectivity index (χ4n) is 1.22. The van der Waals surface area contributed by atoms with E-state index in [4.69, 9.17) is 0 Å². The van der Waals surface area contributed by atoms with Crippen molar-refractivity contribution in [1.29, 1.82) is 0 Å². The molecule has 0 saturated carbocycles. The number of hydrogen-bond acceptors (Lipinski definition) is 1. The Bertz CT molecular complexity index is 324. The molecule has 3 heteroatoms. The molecule has 2 aromatic rings. The van der Waals surface area contributed by atoms with Gasteiger partial charge in [-0.15, -0.1) is 0 Å². The van der Waals surface area contributed by atoms with E-state index in [9.17, 15) is 0 Å². The molecule has 0 aliphatic heterocycles. The zero-order valence-corrected chi connectivity index (χ0v) is 9.26. The second-order valence-electron chi connectivity index (χ2n) is 2.87. The number of nitrogens with zero attached hydrogens (tertiary/aromatic N) is 2. The van der Waals surface area contributed by atoms with Crippen molar-refractivity contribution in [1.82, 2.24) is 4.98 Å². The van der Waals surface area contributed by atoms with E-state index in [1.165, 1.54) is 0 Å². The number of pyridine rings is 2. The molecule has 0 aromatic carbocycles. The van der Waals surface area contributed by atoms with Gasteiger partial charge in [-0.3, -0.25) is 4.98 Å². The van der Waals surface area contributed by atoms with Crippen LogP contribution in [0.5, 0.6) is 0 Å². The fourth-order valence-corrected chi connectivity index (χ4v) is 1.22. The summed E-state index contributed by atoms with van der Waals surface area (Å²) in [5.41, 5.74) is 1.08. The average molecular weight is 251 g/mol. The largest absolute Gasteiger partial charge is 1.00 e. The molecule has 72 valence electrons. The molecule has 2 rings (SSSR count). The van der Waals surface area contributed by atoms with E-state index in [-0.39, 0.29) is 17.0 Å². The van der Waals surface area contributed by atoms with Gasteiger partial charge in [-0.1, -0.05) is 12.1 Å². The third kappa shape index (κ3) is 2.92. The van der Waals surface area contributed by atoms with E-state index in [0.717, 1.165) is 12.2 Å². The maximum absolute atomic E-state index is 4.25. The van der Waals surface area contributed by atoms with Gasteiger partial charge in [0.05, 0.1) is 0 Å². The monoisotopic (exact) mass is 250 g/mol. The van der Waals surface area contributed by atoms with Gasteiger partial charge in [-0.2, -0.15) is 4.57 Å². The predicted molar refractivity (Wildman–Crippen MR) is 50.0 cm³/mol. The second-order valence-corrected chi connectivity index (χ2v) is 2.87. The molecular formula is C11H11BrN2. The van der Waals surface area contributed by atoms with Crippen molar-refractivity contribution < 1.29 is 21.5 Å². The Kier molecular flexibility index (Phi) is 4.26. The molecule has 0 fully saturated rings. The minimum Gasteiger partial charge on any atom is -1.00 e. The lowest BCUT2D eigenvalue weighted by Gasteiger charge is -1.94. The van der Waals surface area contributed by atoms with Crippen molar-refractivity contribution in [3.8, 4) is 0 Å². The van der Waals surface area contributed by atoms with Gasteiger partial charge >= 0.3 is 0 Å². The van der Waals surface area contributed by atoms with Gasteiger partial charge in [0.2, 0.25) is 0 Å². The first-order valence-electron chi connectivity index (χ1n) is 4.29. The summed E-state index contributed by atoms with van der Waals surface area (Å²) in [6.45, 7) is 0.835. The highest BCUT2D eigenvalue weighted by atomic mass is 79.9. The van der Waals surface area contributed by atoms with Crippen LogP contribution >= 0.6 is 0 Å². The third-order valence-electron chi connectivity index (χ3n) is 1.85. The lowest BCUT2D eigenvalue weighted by molar-refractivity contribution is -0.688. The van der Waals surface area contributed by atoms with E-state index in [1.54, 1.807) is 0 Å². The van der Waals surface area contributed by atoms with Gasteiger partial charge in [0, 0.05) is 18.3 Å². The highest BCUT2D eigenvalue weighted by molar-refractivity contribution is 5.01. The molecule has 0 radical (unpaired) electrons. The van der Waals surface area contributed by atoms with Gasteiger partial charge in [-0.05, 0) is 12.1 Å². The summed E-state index contributed by atoms with van der Waals surface area (Å²) < 4.78 is 2.10. The minimum atomic E-state index is 0. The van der Waals surface area contributed by atoms with Crippen LogP contribution in [0.3, 0.4) is 0 Å². The predicted octanol–water partition coefficient (Wildman–Crippen LogP) is -1.58. The smallest absolute Gasteiger partial charge is 0.190 e. The molecule has 0 aliphatic carbocycles. The van der Waals surface area contributed by atoms with Crippen molar-refractivity contribution in [3.63, 3.8) is 0 Å². The van der Waals surface area contributed by atoms with Crippen LogP contribution in [0.15, 0.2) is 55.0 Å². The maximum atomic E-state index is 4.25. The SMILES string of the molecule is [Br-].c1cc[n+](Cc2ccccn2)cc1. The number of aromatic nitrogens is 2. The molecule has 14 heavy (non-hydrogen) atoms. The molecule has 0 spiro atoms. The first-order chi connectivity index (χ1) is 6.45. The Morgan fingerprint density at radius 2 is 1.79 bits per heavy atom. The molecule has 0 atom stereocenters. The van der Waals surface area contributed by atoms with Crippen molar-refractivity contribution in [2.24, 2.45) is 0 Å². The fraction of sp³-hybridized carbons (Fsp3) is 0.0909. The van der Waals surface area contributed by atoms with Gasteiger partial charge < -0.3 is 17.0 Å². The van der Waals surface area contributed by atoms with Crippen LogP contribution in [0, 0.1) is 0 Å². The zero-order valence-electron chi connectivity index (χ0n) is 7.68. The molecule has 0 unspecified atom stereocenters. The molecule has 0 aliphatic rings. The van der Waals surface area contributed by atoms with E-state index in [0.29, 0.717) is 0 Å². The molecule has 0 saturated heterocycles. The van der Waals surface area contributed by atoms with Gasteiger partial charge in [0.25, 0.3) is 0 Å². The van der Waals surface area contributed by atoms with Crippen LogP contribution in [0.25, 0.3) is 0 Å². The summed E-state index contributed by atoms with van der Waals surface area (Å²) >= 11 is 0. The lowest BCUT2D eigenvalue weighted by atomic mass is 10.3. The summed E-state index contributed by atoms with van der Waals surface area (Å²) in [4.78, 5) is 4.25. The maximum Gasteiger partial charge on any atom is 0.190 e. The Morgan fingerprint density at radius 1 is 1.00 bits per heavy atom. The molecular weight excluding hydrogens is 240 g/mol. The van der Waals surface area contributed by atoms with Crippen molar-refractivity contribution >= 4 is 0 Å².